The molecule has 7 heteroatoms. The van der Waals surface area contributed by atoms with Gasteiger partial charge < -0.3 is 11.1 Å². The van der Waals surface area contributed by atoms with Gasteiger partial charge in [-0.1, -0.05) is 0 Å². The molecule has 0 saturated carbocycles. The topological polar surface area (TPSA) is 84.5 Å². The van der Waals surface area contributed by atoms with Crippen LogP contribution in [0.3, 0.4) is 0 Å². The van der Waals surface area contributed by atoms with E-state index in [1.807, 2.05) is 20.8 Å². The molecule has 0 aromatic heterocycles. The van der Waals surface area contributed by atoms with Crippen molar-refractivity contribution < 1.29 is 8.42 Å². The Bertz CT molecular complexity index is 374. The van der Waals surface area contributed by atoms with Gasteiger partial charge in [0.25, 0.3) is 0 Å². The smallest absolute Gasteiger partial charge is 0.189 e. The highest BCUT2D eigenvalue weighted by Gasteiger charge is 2.30. The predicted molar refractivity (Wildman–Crippen MR) is 81.6 cm³/mol. The lowest BCUT2D eigenvalue weighted by Gasteiger charge is -2.21. The molecular formula is C10H22IN3O2S. The predicted octanol–water partition coefficient (Wildman–Crippen LogP) is 0.884. The van der Waals surface area contributed by atoms with Crippen LogP contribution in [0.25, 0.3) is 0 Å². The number of halogens is 1. The molecule has 1 aliphatic heterocycles. The Balaban J connectivity index is 0.00000256. The van der Waals surface area contributed by atoms with E-state index in [4.69, 9.17) is 5.73 Å². The molecule has 1 fully saturated rings. The average molecular weight is 375 g/mol. The first-order valence-corrected chi connectivity index (χ1v) is 7.22. The van der Waals surface area contributed by atoms with Gasteiger partial charge in [0.1, 0.15) is 0 Å². The van der Waals surface area contributed by atoms with Crippen LogP contribution in [0.2, 0.25) is 0 Å². The molecule has 3 N–H and O–H groups in total. The van der Waals surface area contributed by atoms with E-state index >= 15 is 0 Å². The van der Waals surface area contributed by atoms with Gasteiger partial charge in [-0.15, -0.1) is 24.0 Å². The van der Waals surface area contributed by atoms with E-state index in [2.05, 4.69) is 10.3 Å². The minimum Gasteiger partial charge on any atom is -0.370 e. The summed E-state index contributed by atoms with van der Waals surface area (Å²) in [6.45, 7) is 6.20. The summed E-state index contributed by atoms with van der Waals surface area (Å²) in [5, 5.41) is 2.66. The lowest BCUT2D eigenvalue weighted by molar-refractivity contribution is 0.508. The molecule has 5 nitrogen and oxygen atoms in total. The highest BCUT2D eigenvalue weighted by atomic mass is 127. The quantitative estimate of drug-likeness (QED) is 0.427. The van der Waals surface area contributed by atoms with Crippen molar-refractivity contribution >= 4 is 39.8 Å². The second-order valence-electron chi connectivity index (χ2n) is 5.23. The molecule has 0 amide bonds. The van der Waals surface area contributed by atoms with E-state index in [0.717, 1.165) is 6.42 Å². The molecule has 17 heavy (non-hydrogen) atoms. The van der Waals surface area contributed by atoms with Crippen molar-refractivity contribution in [2.45, 2.75) is 44.4 Å². The minimum absolute atomic E-state index is 0. The monoisotopic (exact) mass is 375 g/mol. The third kappa shape index (κ3) is 5.89. The van der Waals surface area contributed by atoms with Gasteiger partial charge in [0.05, 0.1) is 17.5 Å². The number of nitrogens with one attached hydrogen (secondary N) is 1. The molecular weight excluding hydrogens is 353 g/mol. The molecule has 1 rings (SSSR count). The molecule has 0 radical (unpaired) electrons. The first kappa shape index (κ1) is 16.9. The van der Waals surface area contributed by atoms with Gasteiger partial charge >= 0.3 is 0 Å². The number of nitrogens with two attached hydrogens (primary N) is 1. The number of rotatable bonds is 2. The zero-order valence-corrected chi connectivity index (χ0v) is 13.7. The lowest BCUT2D eigenvalue weighted by Crippen LogP contribution is -2.45. The van der Waals surface area contributed by atoms with Gasteiger partial charge in [0.15, 0.2) is 15.8 Å². The highest BCUT2D eigenvalue weighted by Crippen LogP contribution is 2.19. The first-order valence-electron chi connectivity index (χ1n) is 5.50. The van der Waals surface area contributed by atoms with Crippen LogP contribution in [0.15, 0.2) is 4.99 Å². The number of aliphatic imine (C=N–C) groups is 1. The molecule has 0 aromatic rings. The zero-order valence-electron chi connectivity index (χ0n) is 10.6. The second-order valence-corrected chi connectivity index (χ2v) is 7.63. The van der Waals surface area contributed by atoms with Crippen LogP contribution in [0.5, 0.6) is 0 Å². The number of hydrogen-bond donors (Lipinski definition) is 2. The summed E-state index contributed by atoms with van der Waals surface area (Å²) in [7, 11) is -2.92. The summed E-state index contributed by atoms with van der Waals surface area (Å²) in [5.74, 6) is 0.606. The maximum atomic E-state index is 11.5. The van der Waals surface area contributed by atoms with E-state index < -0.39 is 9.84 Å². The van der Waals surface area contributed by atoms with Crippen molar-refractivity contribution in [1.29, 1.82) is 0 Å². The number of hydrogen-bond acceptors (Lipinski definition) is 3. The highest BCUT2D eigenvalue weighted by molar-refractivity contribution is 14.0. The van der Waals surface area contributed by atoms with Crippen LogP contribution in [0, 0.1) is 0 Å². The summed E-state index contributed by atoms with van der Waals surface area (Å²) in [6.07, 6.45) is 1.45. The molecule has 0 bridgehead atoms. The molecule has 0 aromatic carbocycles. The lowest BCUT2D eigenvalue weighted by atomic mass is 10.1. The van der Waals surface area contributed by atoms with Crippen LogP contribution in [-0.2, 0) is 9.84 Å². The van der Waals surface area contributed by atoms with E-state index in [1.165, 1.54) is 0 Å². The fraction of sp³-hybridized carbons (Fsp3) is 0.900. The Hall–Kier alpha value is -0.0500. The molecule has 1 heterocycles. The van der Waals surface area contributed by atoms with E-state index in [0.29, 0.717) is 18.1 Å². The Morgan fingerprint density at radius 1 is 1.47 bits per heavy atom. The summed E-state index contributed by atoms with van der Waals surface area (Å²) in [6, 6.07) is 0. The SMILES string of the molecule is CC(C)(C)NC(N)=NCC1CCCS1(=O)=O.I. The van der Waals surface area contributed by atoms with Crippen molar-refractivity contribution in [1.82, 2.24) is 5.32 Å². The Kier molecular flexibility index (Phi) is 6.20. The Morgan fingerprint density at radius 3 is 2.47 bits per heavy atom. The molecule has 102 valence electrons. The van der Waals surface area contributed by atoms with Gasteiger partial charge in [0, 0.05) is 5.54 Å². The van der Waals surface area contributed by atoms with Crippen molar-refractivity contribution in [3.63, 3.8) is 0 Å². The Morgan fingerprint density at radius 2 is 2.06 bits per heavy atom. The van der Waals surface area contributed by atoms with Crippen molar-refractivity contribution in [2.75, 3.05) is 12.3 Å². The first-order chi connectivity index (χ1) is 7.21. The summed E-state index contributed by atoms with van der Waals surface area (Å²) in [5.41, 5.74) is 5.52. The third-order valence-corrected chi connectivity index (χ3v) is 4.69. The maximum Gasteiger partial charge on any atom is 0.189 e. The molecule has 1 saturated heterocycles. The van der Waals surface area contributed by atoms with Crippen LogP contribution >= 0.6 is 24.0 Å². The van der Waals surface area contributed by atoms with Crippen LogP contribution < -0.4 is 11.1 Å². The van der Waals surface area contributed by atoms with Crippen molar-refractivity contribution in [3.05, 3.63) is 0 Å². The number of sulfone groups is 1. The van der Waals surface area contributed by atoms with E-state index in [9.17, 15) is 8.42 Å². The zero-order chi connectivity index (χ0) is 12.4. The molecule has 0 spiro atoms. The molecule has 1 aliphatic rings. The third-order valence-electron chi connectivity index (χ3n) is 2.43. The Labute approximate surface area is 121 Å². The van der Waals surface area contributed by atoms with Gasteiger partial charge in [-0.3, -0.25) is 4.99 Å². The summed E-state index contributed by atoms with van der Waals surface area (Å²) in [4.78, 5) is 4.09. The fourth-order valence-electron chi connectivity index (χ4n) is 1.69. The standard InChI is InChI=1S/C10H21N3O2S.HI/c1-10(2,3)13-9(11)12-7-8-5-4-6-16(8,14)15;/h8H,4-7H2,1-3H3,(H3,11,12,13);1H. The molecule has 1 atom stereocenters. The number of nitrogens with zero attached hydrogens (tertiary/aromatic N) is 1. The average Bonchev–Trinajstić information content (AvgIpc) is 2.38. The fourth-order valence-corrected chi connectivity index (χ4v) is 3.42. The molecule has 1 unspecified atom stereocenters. The van der Waals surface area contributed by atoms with Crippen LogP contribution in [0.1, 0.15) is 33.6 Å². The molecule has 0 aliphatic carbocycles. The van der Waals surface area contributed by atoms with Crippen LogP contribution in [0.4, 0.5) is 0 Å². The van der Waals surface area contributed by atoms with Gasteiger partial charge in [-0.25, -0.2) is 8.42 Å². The van der Waals surface area contributed by atoms with Gasteiger partial charge in [-0.05, 0) is 33.6 Å². The normalized spacial score (nSPS) is 24.2. The summed E-state index contributed by atoms with van der Waals surface area (Å²) >= 11 is 0. The van der Waals surface area contributed by atoms with Gasteiger partial charge in [0.2, 0.25) is 0 Å². The number of guanidine groups is 1. The minimum atomic E-state index is -2.92. The maximum absolute atomic E-state index is 11.5. The van der Waals surface area contributed by atoms with Crippen molar-refractivity contribution in [3.8, 4) is 0 Å². The summed E-state index contributed by atoms with van der Waals surface area (Å²) < 4.78 is 23.1. The van der Waals surface area contributed by atoms with E-state index in [1.54, 1.807) is 0 Å². The van der Waals surface area contributed by atoms with Gasteiger partial charge in [-0.2, -0.15) is 0 Å². The van der Waals surface area contributed by atoms with Crippen molar-refractivity contribution in [2.24, 2.45) is 10.7 Å². The second kappa shape index (κ2) is 6.21. The van der Waals surface area contributed by atoms with Crippen LogP contribution in [-0.4, -0.2) is 37.5 Å². The van der Waals surface area contributed by atoms with E-state index in [-0.39, 0.29) is 41.3 Å². The largest absolute Gasteiger partial charge is 0.370 e.